The highest BCUT2D eigenvalue weighted by Gasteiger charge is 2.36. The second kappa shape index (κ2) is 5.64. The maximum atomic E-state index is 11.7. The number of ether oxygens (including phenoxy) is 1. The highest BCUT2D eigenvalue weighted by Crippen LogP contribution is 2.30. The normalized spacial score (nSPS) is 26.9. The van der Waals surface area contributed by atoms with Gasteiger partial charge in [-0.05, 0) is 25.7 Å². The topological polar surface area (TPSA) is 41.6 Å². The van der Waals surface area contributed by atoms with E-state index in [2.05, 4.69) is 5.32 Å². The van der Waals surface area contributed by atoms with Crippen molar-refractivity contribution in [3.8, 4) is 0 Å². The molecule has 0 aromatic carbocycles. The van der Waals surface area contributed by atoms with Crippen molar-refractivity contribution in [2.24, 2.45) is 5.92 Å². The molecule has 4 heteroatoms. The minimum atomic E-state index is 0.233. The zero-order valence-corrected chi connectivity index (χ0v) is 10.1. The average Bonchev–Trinajstić information content (AvgIpc) is 2.89. The summed E-state index contributed by atoms with van der Waals surface area (Å²) in [6.07, 6.45) is 5.43. The third-order valence-electron chi connectivity index (χ3n) is 3.65. The van der Waals surface area contributed by atoms with E-state index in [9.17, 15) is 4.79 Å². The number of hydrogen-bond donors (Lipinski definition) is 1. The van der Waals surface area contributed by atoms with E-state index in [1.54, 1.807) is 0 Å². The van der Waals surface area contributed by atoms with Crippen molar-refractivity contribution >= 4 is 5.91 Å². The van der Waals surface area contributed by atoms with Crippen LogP contribution in [0.15, 0.2) is 0 Å². The van der Waals surface area contributed by atoms with Crippen LogP contribution in [0.1, 0.15) is 32.6 Å². The molecular formula is C12H22N2O2. The quantitative estimate of drug-likeness (QED) is 0.710. The first-order chi connectivity index (χ1) is 7.83. The van der Waals surface area contributed by atoms with Gasteiger partial charge >= 0.3 is 0 Å². The molecule has 92 valence electrons. The molecule has 1 heterocycles. The fourth-order valence-corrected chi connectivity index (χ4v) is 2.82. The van der Waals surface area contributed by atoms with Gasteiger partial charge in [0.15, 0.2) is 0 Å². The van der Waals surface area contributed by atoms with Gasteiger partial charge in [0.05, 0.1) is 19.3 Å². The first-order valence-electron chi connectivity index (χ1n) is 6.43. The number of carbonyl (C=O) groups is 1. The Morgan fingerprint density at radius 3 is 2.88 bits per heavy atom. The average molecular weight is 226 g/mol. The molecule has 0 bridgehead atoms. The van der Waals surface area contributed by atoms with Gasteiger partial charge in [-0.1, -0.05) is 12.8 Å². The van der Waals surface area contributed by atoms with Gasteiger partial charge in [0.1, 0.15) is 0 Å². The van der Waals surface area contributed by atoms with Crippen LogP contribution in [-0.4, -0.2) is 43.3 Å². The Morgan fingerprint density at radius 2 is 2.19 bits per heavy atom. The molecule has 2 rings (SSSR count). The first kappa shape index (κ1) is 11.9. The zero-order chi connectivity index (χ0) is 11.4. The lowest BCUT2D eigenvalue weighted by molar-refractivity contribution is -0.129. The summed E-state index contributed by atoms with van der Waals surface area (Å²) in [7, 11) is 0. The number of nitrogens with one attached hydrogen (secondary N) is 1. The third-order valence-corrected chi connectivity index (χ3v) is 3.65. The Kier molecular flexibility index (Phi) is 4.18. The molecule has 16 heavy (non-hydrogen) atoms. The van der Waals surface area contributed by atoms with E-state index in [4.69, 9.17) is 4.74 Å². The van der Waals surface area contributed by atoms with E-state index in [1.807, 2.05) is 11.8 Å². The molecule has 1 amide bonds. The van der Waals surface area contributed by atoms with Gasteiger partial charge in [0, 0.05) is 13.2 Å². The molecule has 1 N–H and O–H groups in total. The summed E-state index contributed by atoms with van der Waals surface area (Å²) in [5.41, 5.74) is 0. The fraction of sp³-hybridized carbons (Fsp3) is 0.917. The molecule has 2 fully saturated rings. The number of carbonyl (C=O) groups excluding carboxylic acids is 1. The fourth-order valence-electron chi connectivity index (χ4n) is 2.82. The van der Waals surface area contributed by atoms with Crippen LogP contribution >= 0.6 is 0 Å². The van der Waals surface area contributed by atoms with Crippen molar-refractivity contribution in [2.75, 3.05) is 26.3 Å². The summed E-state index contributed by atoms with van der Waals surface area (Å²) < 4.78 is 5.33. The second-order valence-electron chi connectivity index (χ2n) is 4.65. The van der Waals surface area contributed by atoms with E-state index in [0.29, 0.717) is 19.1 Å². The SMILES string of the molecule is CCOCCN1C(=O)CNC1C1CCCC1. The van der Waals surface area contributed by atoms with Crippen molar-refractivity contribution in [1.82, 2.24) is 10.2 Å². The van der Waals surface area contributed by atoms with Crippen LogP contribution in [-0.2, 0) is 9.53 Å². The highest BCUT2D eigenvalue weighted by molar-refractivity contribution is 5.80. The predicted molar refractivity (Wildman–Crippen MR) is 62.0 cm³/mol. The maximum absolute atomic E-state index is 11.7. The number of rotatable bonds is 5. The predicted octanol–water partition coefficient (Wildman–Crippen LogP) is 0.971. The Bertz CT molecular complexity index is 239. The van der Waals surface area contributed by atoms with Crippen LogP contribution in [0, 0.1) is 5.92 Å². The summed E-state index contributed by atoms with van der Waals surface area (Å²) in [5, 5.41) is 3.35. The Hall–Kier alpha value is -0.610. The highest BCUT2D eigenvalue weighted by atomic mass is 16.5. The molecular weight excluding hydrogens is 204 g/mol. The van der Waals surface area contributed by atoms with E-state index in [0.717, 1.165) is 13.2 Å². The van der Waals surface area contributed by atoms with Gasteiger partial charge in [-0.25, -0.2) is 0 Å². The largest absolute Gasteiger partial charge is 0.380 e. The Balaban J connectivity index is 1.87. The van der Waals surface area contributed by atoms with Gasteiger partial charge in [0.2, 0.25) is 5.91 Å². The lowest BCUT2D eigenvalue weighted by Gasteiger charge is -2.28. The van der Waals surface area contributed by atoms with Gasteiger partial charge in [-0.3, -0.25) is 10.1 Å². The molecule has 1 atom stereocenters. The molecule has 0 radical (unpaired) electrons. The molecule has 0 aromatic heterocycles. The number of hydrogen-bond acceptors (Lipinski definition) is 3. The molecule has 2 aliphatic rings. The molecule has 1 saturated carbocycles. The number of amides is 1. The molecule has 1 aliphatic heterocycles. The monoisotopic (exact) mass is 226 g/mol. The molecule has 0 spiro atoms. The van der Waals surface area contributed by atoms with Crippen molar-refractivity contribution < 1.29 is 9.53 Å². The van der Waals surface area contributed by atoms with E-state index in [-0.39, 0.29) is 12.1 Å². The van der Waals surface area contributed by atoms with Gasteiger partial charge < -0.3 is 9.64 Å². The van der Waals surface area contributed by atoms with E-state index < -0.39 is 0 Å². The van der Waals surface area contributed by atoms with Gasteiger partial charge in [0.25, 0.3) is 0 Å². The van der Waals surface area contributed by atoms with Gasteiger partial charge in [-0.2, -0.15) is 0 Å². The van der Waals surface area contributed by atoms with Crippen LogP contribution in [0.25, 0.3) is 0 Å². The Labute approximate surface area is 97.3 Å². The standard InChI is InChI=1S/C12H22N2O2/c1-2-16-8-7-14-11(15)9-13-12(14)10-5-3-4-6-10/h10,12-13H,2-9H2,1H3. The molecule has 0 aromatic rings. The lowest BCUT2D eigenvalue weighted by atomic mass is 10.0. The van der Waals surface area contributed by atoms with Crippen molar-refractivity contribution in [1.29, 1.82) is 0 Å². The Morgan fingerprint density at radius 1 is 1.44 bits per heavy atom. The molecule has 1 aliphatic carbocycles. The summed E-state index contributed by atoms with van der Waals surface area (Å²) in [6, 6.07) is 0. The van der Waals surface area contributed by atoms with E-state index in [1.165, 1.54) is 25.7 Å². The summed E-state index contributed by atoms with van der Waals surface area (Å²) in [6.45, 7) is 4.61. The first-order valence-corrected chi connectivity index (χ1v) is 6.43. The van der Waals surface area contributed by atoms with Crippen LogP contribution < -0.4 is 5.32 Å². The molecule has 4 nitrogen and oxygen atoms in total. The molecule has 1 saturated heterocycles. The van der Waals surface area contributed by atoms with Gasteiger partial charge in [-0.15, -0.1) is 0 Å². The van der Waals surface area contributed by atoms with E-state index >= 15 is 0 Å². The van der Waals surface area contributed by atoms with Crippen LogP contribution in [0.5, 0.6) is 0 Å². The third kappa shape index (κ3) is 2.55. The second-order valence-corrected chi connectivity index (χ2v) is 4.65. The van der Waals surface area contributed by atoms with Crippen molar-refractivity contribution in [2.45, 2.75) is 38.8 Å². The van der Waals surface area contributed by atoms with Crippen LogP contribution in [0.2, 0.25) is 0 Å². The van der Waals surface area contributed by atoms with Crippen molar-refractivity contribution in [3.05, 3.63) is 0 Å². The minimum Gasteiger partial charge on any atom is -0.380 e. The zero-order valence-electron chi connectivity index (χ0n) is 10.1. The van der Waals surface area contributed by atoms with Crippen molar-refractivity contribution in [3.63, 3.8) is 0 Å². The lowest BCUT2D eigenvalue weighted by Crippen LogP contribution is -2.43. The molecule has 1 unspecified atom stereocenters. The minimum absolute atomic E-state index is 0.233. The maximum Gasteiger partial charge on any atom is 0.237 e. The summed E-state index contributed by atoms with van der Waals surface area (Å²) in [5.74, 6) is 0.893. The summed E-state index contributed by atoms with van der Waals surface area (Å²) >= 11 is 0. The van der Waals surface area contributed by atoms with Crippen LogP contribution in [0.4, 0.5) is 0 Å². The van der Waals surface area contributed by atoms with Crippen LogP contribution in [0.3, 0.4) is 0 Å². The number of nitrogens with zero attached hydrogens (tertiary/aromatic N) is 1. The summed E-state index contributed by atoms with van der Waals surface area (Å²) in [4.78, 5) is 13.7. The smallest absolute Gasteiger partial charge is 0.237 e.